The van der Waals surface area contributed by atoms with Gasteiger partial charge in [-0.15, -0.1) is 0 Å². The van der Waals surface area contributed by atoms with Crippen LogP contribution in [0.15, 0.2) is 128 Å². The highest BCUT2D eigenvalue weighted by Gasteiger charge is 2.20. The van der Waals surface area contributed by atoms with Crippen molar-refractivity contribution in [3.63, 3.8) is 0 Å². The summed E-state index contributed by atoms with van der Waals surface area (Å²) in [4.78, 5) is 23.6. The maximum absolute atomic E-state index is 11.8. The molecule has 8 rings (SSSR count). The lowest BCUT2D eigenvalue weighted by molar-refractivity contribution is 0.618. The first kappa shape index (κ1) is 30.7. The van der Waals surface area contributed by atoms with E-state index in [1.54, 1.807) is 24.3 Å². The van der Waals surface area contributed by atoms with Gasteiger partial charge < -0.3 is 14.6 Å². The molecule has 4 aromatic rings. The minimum atomic E-state index is -0.0616. The minimum absolute atomic E-state index is 0.0369. The van der Waals surface area contributed by atoms with Crippen LogP contribution in [0.1, 0.15) is 27.8 Å². The van der Waals surface area contributed by atoms with Crippen molar-refractivity contribution in [1.29, 1.82) is 0 Å². The summed E-state index contributed by atoms with van der Waals surface area (Å²) < 4.78 is 12.0. The lowest BCUT2D eigenvalue weighted by Gasteiger charge is -2.17. The van der Waals surface area contributed by atoms with Gasteiger partial charge in [-0.3, -0.25) is 9.59 Å². The van der Waals surface area contributed by atoms with E-state index in [0.29, 0.717) is 17.2 Å². The summed E-state index contributed by atoms with van der Waals surface area (Å²) >= 11 is 0. The smallest absolute Gasteiger partial charge is 0.182 e. The molecule has 0 amide bonds. The Morgan fingerprint density at radius 3 is 1.40 bits per heavy atom. The Morgan fingerprint density at radius 2 is 0.875 bits per heavy atom. The lowest BCUT2D eigenvalue weighted by Crippen LogP contribution is -2.00. The van der Waals surface area contributed by atoms with Crippen molar-refractivity contribution in [3.05, 3.63) is 157 Å². The van der Waals surface area contributed by atoms with Crippen molar-refractivity contribution in [1.82, 2.24) is 0 Å². The van der Waals surface area contributed by atoms with Gasteiger partial charge in [-0.05, 0) is 117 Å². The van der Waals surface area contributed by atoms with Crippen molar-refractivity contribution in [2.24, 2.45) is 0 Å². The molecule has 5 nitrogen and oxygen atoms in total. The standard InChI is InChI=1S/C22H18O2.C21H17NO2/c1-13-4-6-15(3)19(10-13)22-17-8-5-14(2)11-20(17)24-21-12-16(23)7-9-18(21)22;1-12-3-7-16-19(9-12)24-20-11-15(23)6-8-17(20)21(16)18-10-14(22)5-4-13(18)2/h4-12H,1-3H3;3-11H,22H2,1-2H3. The fraction of sp³-hybridized carbons (Fsp3) is 0.116. The third kappa shape index (κ3) is 5.64. The molecule has 2 N–H and O–H groups in total. The molecule has 0 unspecified atom stereocenters. The molecule has 0 saturated heterocycles. The molecular formula is C43H35NO4. The van der Waals surface area contributed by atoms with E-state index in [-0.39, 0.29) is 10.9 Å². The summed E-state index contributed by atoms with van der Waals surface area (Å²) in [6.07, 6.45) is 0. The van der Waals surface area contributed by atoms with Crippen LogP contribution >= 0.6 is 0 Å². The summed E-state index contributed by atoms with van der Waals surface area (Å²) in [6, 6.07) is 34.7. The summed E-state index contributed by atoms with van der Waals surface area (Å²) in [5.74, 6) is 1.23. The number of rotatable bonds is 2. The fourth-order valence-electron chi connectivity index (χ4n) is 6.45. The fourth-order valence-corrected chi connectivity index (χ4v) is 6.45. The first-order valence-electron chi connectivity index (χ1n) is 15.9. The van der Waals surface area contributed by atoms with Gasteiger partial charge >= 0.3 is 0 Å². The number of nitrogen functional groups attached to an aromatic ring is 1. The maximum Gasteiger partial charge on any atom is 0.182 e. The molecule has 4 aliphatic rings. The van der Waals surface area contributed by atoms with Crippen LogP contribution < -0.4 is 16.6 Å². The van der Waals surface area contributed by atoms with Gasteiger partial charge in [0.05, 0.1) is 0 Å². The molecule has 4 aromatic carbocycles. The topological polar surface area (TPSA) is 86.4 Å². The predicted octanol–water partition coefficient (Wildman–Crippen LogP) is 10.3. The van der Waals surface area contributed by atoms with Crippen LogP contribution in [0.3, 0.4) is 0 Å². The zero-order chi connectivity index (χ0) is 33.7. The predicted molar refractivity (Wildman–Crippen MR) is 197 cm³/mol. The second kappa shape index (κ2) is 12.0. The van der Waals surface area contributed by atoms with Gasteiger partial charge in [-0.2, -0.15) is 0 Å². The monoisotopic (exact) mass is 629 g/mol. The van der Waals surface area contributed by atoms with Crippen LogP contribution in [0.2, 0.25) is 0 Å². The molecule has 5 heteroatoms. The van der Waals surface area contributed by atoms with E-state index in [4.69, 9.17) is 14.6 Å². The zero-order valence-electron chi connectivity index (χ0n) is 27.6. The van der Waals surface area contributed by atoms with E-state index < -0.39 is 0 Å². The van der Waals surface area contributed by atoms with Crippen molar-refractivity contribution >= 4 is 27.6 Å². The molecule has 0 aromatic heterocycles. The Morgan fingerprint density at radius 1 is 0.438 bits per heavy atom. The van der Waals surface area contributed by atoms with Crippen LogP contribution in [0, 0.1) is 34.6 Å². The van der Waals surface area contributed by atoms with Crippen molar-refractivity contribution in [3.8, 4) is 44.9 Å². The number of benzene rings is 6. The van der Waals surface area contributed by atoms with Crippen LogP contribution in [-0.2, 0) is 0 Å². The molecule has 0 spiro atoms. The Bertz CT molecular complexity index is 2390. The maximum atomic E-state index is 11.8. The highest BCUT2D eigenvalue weighted by atomic mass is 16.3. The summed E-state index contributed by atoms with van der Waals surface area (Å²) in [5, 5.41) is 2.08. The van der Waals surface area contributed by atoms with Crippen molar-refractivity contribution in [2.45, 2.75) is 34.6 Å². The first-order chi connectivity index (χ1) is 23.0. The summed E-state index contributed by atoms with van der Waals surface area (Å²) in [5.41, 5.74) is 20.3. The number of fused-ring (bicyclic) bond motifs is 4. The van der Waals surface area contributed by atoms with E-state index in [9.17, 15) is 9.59 Å². The molecule has 0 saturated carbocycles. The third-order valence-corrected chi connectivity index (χ3v) is 8.89. The molecule has 2 heterocycles. The number of hydrogen-bond donors (Lipinski definition) is 1. The molecule has 2 aliphatic carbocycles. The number of anilines is 1. The quantitative estimate of drug-likeness (QED) is 0.152. The van der Waals surface area contributed by atoms with E-state index in [1.165, 1.54) is 16.7 Å². The van der Waals surface area contributed by atoms with E-state index in [2.05, 4.69) is 63.2 Å². The van der Waals surface area contributed by atoms with Gasteiger partial charge in [0.2, 0.25) is 0 Å². The van der Waals surface area contributed by atoms with Crippen LogP contribution in [-0.4, -0.2) is 0 Å². The van der Waals surface area contributed by atoms with E-state index in [1.807, 2.05) is 56.3 Å². The average Bonchev–Trinajstić information content (AvgIpc) is 3.05. The summed E-state index contributed by atoms with van der Waals surface area (Å²) in [7, 11) is 0. The molecule has 0 fully saturated rings. The second-order valence-corrected chi connectivity index (χ2v) is 12.7. The van der Waals surface area contributed by atoms with Gasteiger partial charge in [-0.1, -0.05) is 54.1 Å². The van der Waals surface area contributed by atoms with Gasteiger partial charge in [-0.25, -0.2) is 0 Å². The summed E-state index contributed by atoms with van der Waals surface area (Å²) in [6.45, 7) is 10.3. The van der Waals surface area contributed by atoms with Gasteiger partial charge in [0.25, 0.3) is 0 Å². The molecule has 0 bridgehead atoms. The molecular weight excluding hydrogens is 594 g/mol. The number of nitrogens with two attached hydrogens (primary N) is 1. The molecule has 0 atom stereocenters. The van der Waals surface area contributed by atoms with Gasteiger partial charge in [0.15, 0.2) is 10.9 Å². The molecule has 0 radical (unpaired) electrons. The Hall–Kier alpha value is -5.94. The van der Waals surface area contributed by atoms with Crippen LogP contribution in [0.25, 0.3) is 66.8 Å². The largest absolute Gasteiger partial charge is 0.456 e. The van der Waals surface area contributed by atoms with Crippen molar-refractivity contribution < 1.29 is 8.83 Å². The molecule has 2 aliphatic heterocycles. The van der Waals surface area contributed by atoms with Crippen molar-refractivity contribution in [2.75, 3.05) is 5.73 Å². The van der Waals surface area contributed by atoms with Crippen LogP contribution in [0.5, 0.6) is 0 Å². The third-order valence-electron chi connectivity index (χ3n) is 8.89. The van der Waals surface area contributed by atoms with Crippen LogP contribution in [0.4, 0.5) is 5.69 Å². The van der Waals surface area contributed by atoms with Gasteiger partial charge in [0, 0.05) is 50.8 Å². The Labute approximate surface area is 278 Å². The zero-order valence-corrected chi connectivity index (χ0v) is 27.6. The second-order valence-electron chi connectivity index (χ2n) is 12.7. The molecule has 236 valence electrons. The highest BCUT2D eigenvalue weighted by Crippen LogP contribution is 2.43. The Kier molecular flexibility index (Phi) is 7.68. The molecule has 48 heavy (non-hydrogen) atoms. The van der Waals surface area contributed by atoms with Gasteiger partial charge in [0.1, 0.15) is 22.7 Å². The average molecular weight is 630 g/mol. The minimum Gasteiger partial charge on any atom is -0.456 e. The first-order valence-corrected chi connectivity index (χ1v) is 15.9. The van der Waals surface area contributed by atoms with E-state index in [0.717, 1.165) is 66.4 Å². The normalized spacial score (nSPS) is 11.3. The number of aryl methyl sites for hydroxylation is 5. The SMILES string of the molecule is Cc1ccc(C)c(-c2c3ccc(=O)cc-3oc3cc(C)ccc23)c1.Cc1ccc2c(-c3cc(N)ccc3C)c3ccc(=O)cc-3oc2c1. The lowest BCUT2D eigenvalue weighted by atomic mass is 9.90. The Balaban J connectivity index is 0.000000152. The highest BCUT2D eigenvalue weighted by molar-refractivity contribution is 6.04. The number of hydrogen-bond acceptors (Lipinski definition) is 5. The van der Waals surface area contributed by atoms with E-state index >= 15 is 0 Å².